The van der Waals surface area contributed by atoms with Gasteiger partial charge in [0.05, 0.1) is 34.8 Å². The summed E-state index contributed by atoms with van der Waals surface area (Å²) in [6.45, 7) is 6.65. The first-order chi connectivity index (χ1) is 22.8. The molecule has 9 heteroatoms. The second-order valence-corrected chi connectivity index (χ2v) is 15.4. The van der Waals surface area contributed by atoms with E-state index < -0.39 is 11.2 Å². The average Bonchev–Trinajstić information content (AvgIpc) is 3.57. The number of pyridine rings is 2. The first-order valence-electron chi connectivity index (χ1n) is 17.8. The fourth-order valence-electron chi connectivity index (χ4n) is 9.25. The zero-order valence-corrected chi connectivity index (χ0v) is 27.5. The zero-order chi connectivity index (χ0) is 31.9. The maximum Gasteiger partial charge on any atom is 0.237 e. The van der Waals surface area contributed by atoms with Crippen LogP contribution in [0.5, 0.6) is 0 Å². The van der Waals surface area contributed by atoms with Crippen molar-refractivity contribution in [1.29, 1.82) is 0 Å². The van der Waals surface area contributed by atoms with Crippen molar-refractivity contribution in [2.45, 2.75) is 108 Å². The standard InChI is InChI=1S/C38H44FN7O/c1-24(2)45-23-41-32-20-31(43-35(34(32)45)42-30-9-15-40-21-29(30)39)25-7-8-28-33(17-25)46(36(47)38(28)11-4-3-5-12-38)27-18-26(19-27)44-16-6-10-37(22-44)13-14-37/h7-9,15,17,20-21,23-24,26-27H,3-6,10-14,16,18-19,22H2,1-2H3,(H,40,42,43). The van der Waals surface area contributed by atoms with Crippen molar-refractivity contribution in [1.82, 2.24) is 24.4 Å². The number of hydrogen-bond donors (Lipinski definition) is 1. The van der Waals surface area contributed by atoms with Crippen LogP contribution in [0.15, 0.2) is 49.1 Å². The summed E-state index contributed by atoms with van der Waals surface area (Å²) < 4.78 is 16.8. The van der Waals surface area contributed by atoms with Gasteiger partial charge in [0.1, 0.15) is 5.52 Å². The highest BCUT2D eigenvalue weighted by atomic mass is 19.1. The third-order valence-electron chi connectivity index (χ3n) is 12.2. The number of carbonyl (C=O) groups excluding carboxylic acids is 1. The normalized spacial score (nSPS) is 24.7. The highest BCUT2D eigenvalue weighted by Gasteiger charge is 2.55. The lowest BCUT2D eigenvalue weighted by atomic mass is 9.70. The lowest BCUT2D eigenvalue weighted by Gasteiger charge is -2.49. The minimum Gasteiger partial charge on any atom is -0.336 e. The highest BCUT2D eigenvalue weighted by Crippen LogP contribution is 2.55. The summed E-state index contributed by atoms with van der Waals surface area (Å²) in [6.07, 6.45) is 17.5. The smallest absolute Gasteiger partial charge is 0.237 e. The number of nitrogens with zero attached hydrogens (tertiary/aromatic N) is 6. The summed E-state index contributed by atoms with van der Waals surface area (Å²) in [5, 5.41) is 3.25. The third-order valence-corrected chi connectivity index (χ3v) is 12.2. The summed E-state index contributed by atoms with van der Waals surface area (Å²) >= 11 is 0. The van der Waals surface area contributed by atoms with Gasteiger partial charge in [-0.05, 0) is 101 Å². The molecule has 4 fully saturated rings. The molecule has 1 N–H and O–H groups in total. The van der Waals surface area contributed by atoms with Gasteiger partial charge in [0, 0.05) is 42.1 Å². The van der Waals surface area contributed by atoms with Crippen molar-refractivity contribution in [3.8, 4) is 11.3 Å². The highest BCUT2D eigenvalue weighted by molar-refractivity contribution is 6.09. The van der Waals surface area contributed by atoms with E-state index in [9.17, 15) is 9.18 Å². The van der Waals surface area contributed by atoms with Gasteiger partial charge in [0.25, 0.3) is 0 Å². The van der Waals surface area contributed by atoms with Crippen molar-refractivity contribution in [2.75, 3.05) is 23.3 Å². The molecule has 3 saturated carbocycles. The molecule has 244 valence electrons. The van der Waals surface area contributed by atoms with Gasteiger partial charge < -0.3 is 14.8 Å². The van der Waals surface area contributed by atoms with Crippen LogP contribution in [0, 0.1) is 11.2 Å². The Morgan fingerprint density at radius 2 is 1.81 bits per heavy atom. The fraction of sp³-hybridized carbons (Fsp3) is 0.526. The number of amides is 1. The number of piperidine rings is 1. The SMILES string of the molecule is CC(C)n1cnc2cc(-c3ccc4c(c3)N(C3CC(N5CCCC6(CC6)C5)C3)C(=O)C43CCCCC3)nc(Nc3ccncc3F)c21. The van der Waals surface area contributed by atoms with E-state index in [0.29, 0.717) is 28.9 Å². The van der Waals surface area contributed by atoms with Crippen molar-refractivity contribution in [2.24, 2.45) is 5.41 Å². The zero-order valence-electron chi connectivity index (χ0n) is 27.5. The van der Waals surface area contributed by atoms with Crippen molar-refractivity contribution < 1.29 is 9.18 Å². The number of hydrogen-bond acceptors (Lipinski definition) is 6. The number of halogens is 1. The summed E-state index contributed by atoms with van der Waals surface area (Å²) in [6, 6.07) is 11.1. The molecule has 1 amide bonds. The first-order valence-corrected chi connectivity index (χ1v) is 17.8. The fourth-order valence-corrected chi connectivity index (χ4v) is 9.25. The Labute approximate surface area is 275 Å². The maximum absolute atomic E-state index is 14.8. The number of anilines is 3. The predicted octanol–water partition coefficient (Wildman–Crippen LogP) is 7.91. The van der Waals surface area contributed by atoms with Crippen LogP contribution in [0.3, 0.4) is 0 Å². The monoisotopic (exact) mass is 633 g/mol. The Morgan fingerprint density at radius 3 is 2.57 bits per heavy atom. The first kappa shape index (κ1) is 29.3. The molecule has 3 aromatic heterocycles. The quantitative estimate of drug-likeness (QED) is 0.233. The van der Waals surface area contributed by atoms with Crippen LogP contribution in [-0.4, -0.2) is 55.5 Å². The van der Waals surface area contributed by atoms with Crippen molar-refractivity contribution in [3.05, 3.63) is 60.4 Å². The molecule has 1 aromatic carbocycles. The molecule has 0 bridgehead atoms. The molecule has 4 aromatic rings. The summed E-state index contributed by atoms with van der Waals surface area (Å²) in [5.41, 5.74) is 6.09. The van der Waals surface area contributed by atoms with E-state index in [4.69, 9.17) is 9.97 Å². The molecule has 1 saturated heterocycles. The summed E-state index contributed by atoms with van der Waals surface area (Å²) in [7, 11) is 0. The van der Waals surface area contributed by atoms with Gasteiger partial charge in [0.2, 0.25) is 5.91 Å². The average molecular weight is 634 g/mol. The maximum atomic E-state index is 14.8. The molecule has 0 radical (unpaired) electrons. The Kier molecular flexibility index (Phi) is 6.76. The van der Waals surface area contributed by atoms with E-state index in [2.05, 4.69) is 56.7 Å². The number of rotatable bonds is 6. The van der Waals surface area contributed by atoms with Gasteiger partial charge in [-0.1, -0.05) is 31.4 Å². The molecule has 5 heterocycles. The third kappa shape index (κ3) is 4.71. The molecule has 8 nitrogen and oxygen atoms in total. The minimum absolute atomic E-state index is 0.146. The van der Waals surface area contributed by atoms with E-state index in [1.165, 1.54) is 57.0 Å². The number of imidazole rings is 1. The largest absolute Gasteiger partial charge is 0.336 e. The van der Waals surface area contributed by atoms with Crippen LogP contribution in [0.25, 0.3) is 22.3 Å². The van der Waals surface area contributed by atoms with Gasteiger partial charge in [-0.3, -0.25) is 14.7 Å². The van der Waals surface area contributed by atoms with E-state index in [-0.39, 0.29) is 12.1 Å². The Balaban J connectivity index is 1.09. The van der Waals surface area contributed by atoms with E-state index in [0.717, 1.165) is 66.5 Å². The number of nitrogens with one attached hydrogen (secondary N) is 1. The number of fused-ring (bicyclic) bond motifs is 3. The molecule has 47 heavy (non-hydrogen) atoms. The van der Waals surface area contributed by atoms with Crippen LogP contribution in [0.1, 0.15) is 96.1 Å². The number of likely N-dealkylation sites (tertiary alicyclic amines) is 1. The Hall–Kier alpha value is -3.85. The molecular weight excluding hydrogens is 589 g/mol. The van der Waals surface area contributed by atoms with E-state index >= 15 is 0 Å². The van der Waals surface area contributed by atoms with Gasteiger partial charge in [-0.2, -0.15) is 0 Å². The number of aromatic nitrogens is 4. The van der Waals surface area contributed by atoms with Gasteiger partial charge in [-0.15, -0.1) is 0 Å². The van der Waals surface area contributed by atoms with Crippen molar-refractivity contribution >= 4 is 34.1 Å². The second kappa shape index (κ2) is 10.8. The van der Waals surface area contributed by atoms with Crippen LogP contribution < -0.4 is 10.2 Å². The molecule has 0 atom stereocenters. The number of carbonyl (C=O) groups is 1. The topological polar surface area (TPSA) is 79.2 Å². The summed E-state index contributed by atoms with van der Waals surface area (Å²) in [4.78, 5) is 33.3. The van der Waals surface area contributed by atoms with Gasteiger partial charge >= 0.3 is 0 Å². The van der Waals surface area contributed by atoms with Crippen LogP contribution in [-0.2, 0) is 10.2 Å². The molecule has 0 unspecified atom stereocenters. The molecular formula is C38H44FN7O. The molecule has 5 aliphatic rings. The molecule has 3 aliphatic carbocycles. The summed E-state index contributed by atoms with van der Waals surface area (Å²) in [5.74, 6) is 0.422. The number of benzene rings is 1. The second-order valence-electron chi connectivity index (χ2n) is 15.4. The van der Waals surface area contributed by atoms with Crippen LogP contribution in [0.2, 0.25) is 0 Å². The van der Waals surface area contributed by atoms with E-state index in [1.54, 1.807) is 12.3 Å². The van der Waals surface area contributed by atoms with Crippen molar-refractivity contribution in [3.63, 3.8) is 0 Å². The lowest BCUT2D eigenvalue weighted by Crippen LogP contribution is -2.58. The molecule has 2 spiro atoms. The van der Waals surface area contributed by atoms with E-state index in [1.807, 2.05) is 12.4 Å². The van der Waals surface area contributed by atoms with Crippen LogP contribution in [0.4, 0.5) is 21.6 Å². The minimum atomic E-state index is -0.441. The van der Waals surface area contributed by atoms with Crippen LogP contribution >= 0.6 is 0 Å². The van der Waals surface area contributed by atoms with Gasteiger partial charge in [-0.25, -0.2) is 14.4 Å². The lowest BCUT2D eigenvalue weighted by molar-refractivity contribution is -0.125. The predicted molar refractivity (Wildman–Crippen MR) is 182 cm³/mol. The Bertz CT molecular complexity index is 1870. The molecule has 9 rings (SSSR count). The van der Waals surface area contributed by atoms with Gasteiger partial charge in [0.15, 0.2) is 11.6 Å². The Morgan fingerprint density at radius 1 is 0.979 bits per heavy atom. The molecule has 2 aliphatic heterocycles.